The van der Waals surface area contributed by atoms with Crippen molar-refractivity contribution in [1.82, 2.24) is 5.32 Å². The average Bonchev–Trinajstić information content (AvgIpc) is 2.74. The fraction of sp³-hybridized carbons (Fsp3) is 0.130. The van der Waals surface area contributed by atoms with E-state index in [0.29, 0.717) is 22.1 Å². The van der Waals surface area contributed by atoms with E-state index in [9.17, 15) is 9.59 Å². The molecule has 29 heavy (non-hydrogen) atoms. The Kier molecular flexibility index (Phi) is 6.87. The highest BCUT2D eigenvalue weighted by Crippen LogP contribution is 2.27. The number of hydrogen-bond acceptors (Lipinski definition) is 4. The number of hydrogen-bond donors (Lipinski definition) is 1. The minimum atomic E-state index is -0.581. The standard InChI is InChI=1S/C23H20ClNO4/c1-28-20-13-7-8-14-21(20)29-22(26)15-19(16-9-3-2-4-10-16)25-23(27)17-11-5-6-12-18(17)24/h2-14,19H,15H2,1H3,(H,25,27)/t19-/m0/s1. The molecule has 0 fully saturated rings. The number of ether oxygens (including phenoxy) is 2. The molecule has 0 heterocycles. The second-order valence-electron chi connectivity index (χ2n) is 6.25. The number of halogens is 1. The quantitative estimate of drug-likeness (QED) is 0.449. The number of benzene rings is 3. The largest absolute Gasteiger partial charge is 0.493 e. The van der Waals surface area contributed by atoms with Crippen LogP contribution < -0.4 is 14.8 Å². The molecule has 3 rings (SSSR count). The van der Waals surface area contributed by atoms with Gasteiger partial charge in [0.05, 0.1) is 30.2 Å². The molecule has 0 saturated heterocycles. The van der Waals surface area contributed by atoms with Gasteiger partial charge >= 0.3 is 5.97 Å². The number of rotatable bonds is 7. The van der Waals surface area contributed by atoms with Crippen LogP contribution in [0.3, 0.4) is 0 Å². The minimum absolute atomic E-state index is 0.0573. The maximum absolute atomic E-state index is 12.7. The Balaban J connectivity index is 1.78. The first-order chi connectivity index (χ1) is 14.1. The highest BCUT2D eigenvalue weighted by atomic mass is 35.5. The van der Waals surface area contributed by atoms with Crippen LogP contribution in [0.2, 0.25) is 5.02 Å². The van der Waals surface area contributed by atoms with Crippen LogP contribution in [0.15, 0.2) is 78.9 Å². The van der Waals surface area contributed by atoms with E-state index in [1.807, 2.05) is 30.3 Å². The van der Waals surface area contributed by atoms with Crippen LogP contribution in [0, 0.1) is 0 Å². The third-order valence-corrected chi connectivity index (χ3v) is 4.62. The first kappa shape index (κ1) is 20.4. The molecule has 3 aromatic rings. The van der Waals surface area contributed by atoms with Gasteiger partial charge in [0.25, 0.3) is 5.91 Å². The minimum Gasteiger partial charge on any atom is -0.493 e. The van der Waals surface area contributed by atoms with Gasteiger partial charge in [-0.25, -0.2) is 0 Å². The molecule has 148 valence electrons. The molecule has 0 bridgehead atoms. The smallest absolute Gasteiger partial charge is 0.313 e. The van der Waals surface area contributed by atoms with Gasteiger partial charge in [-0.1, -0.05) is 66.2 Å². The topological polar surface area (TPSA) is 64.6 Å². The molecular formula is C23H20ClNO4. The molecule has 1 atom stereocenters. The van der Waals surface area contributed by atoms with Crippen molar-refractivity contribution in [3.8, 4) is 11.5 Å². The van der Waals surface area contributed by atoms with Crippen LogP contribution in [-0.2, 0) is 4.79 Å². The monoisotopic (exact) mass is 409 g/mol. The highest BCUT2D eigenvalue weighted by molar-refractivity contribution is 6.33. The van der Waals surface area contributed by atoms with Crippen LogP contribution in [0.5, 0.6) is 11.5 Å². The van der Waals surface area contributed by atoms with Gasteiger partial charge in [-0.15, -0.1) is 0 Å². The first-order valence-electron chi connectivity index (χ1n) is 9.02. The van der Waals surface area contributed by atoms with E-state index >= 15 is 0 Å². The number of carbonyl (C=O) groups is 2. The van der Waals surface area contributed by atoms with Gasteiger partial charge in [0.2, 0.25) is 0 Å². The SMILES string of the molecule is COc1ccccc1OC(=O)C[C@H](NC(=O)c1ccccc1Cl)c1ccccc1. The summed E-state index contributed by atoms with van der Waals surface area (Å²) in [6.07, 6.45) is -0.0573. The molecule has 0 aliphatic heterocycles. The maximum atomic E-state index is 12.7. The third-order valence-electron chi connectivity index (χ3n) is 4.29. The number of esters is 1. The summed E-state index contributed by atoms with van der Waals surface area (Å²) in [6.45, 7) is 0. The van der Waals surface area contributed by atoms with Gasteiger partial charge in [0.15, 0.2) is 11.5 Å². The summed E-state index contributed by atoms with van der Waals surface area (Å²) in [5.74, 6) is -0.0844. The second kappa shape index (κ2) is 9.75. The van der Waals surface area contributed by atoms with E-state index in [1.54, 1.807) is 48.5 Å². The predicted octanol–water partition coefficient (Wildman–Crippen LogP) is 4.82. The Morgan fingerprint density at radius 2 is 1.52 bits per heavy atom. The van der Waals surface area contributed by atoms with E-state index in [0.717, 1.165) is 5.56 Å². The lowest BCUT2D eigenvalue weighted by atomic mass is 10.0. The Morgan fingerprint density at radius 1 is 0.897 bits per heavy atom. The molecule has 0 saturated carbocycles. The zero-order valence-corrected chi connectivity index (χ0v) is 16.6. The van der Waals surface area contributed by atoms with Gasteiger partial charge < -0.3 is 14.8 Å². The van der Waals surface area contributed by atoms with Crippen molar-refractivity contribution in [2.45, 2.75) is 12.5 Å². The van der Waals surface area contributed by atoms with Gasteiger partial charge in [-0.2, -0.15) is 0 Å². The number of methoxy groups -OCH3 is 1. The third kappa shape index (κ3) is 5.36. The summed E-state index contributed by atoms with van der Waals surface area (Å²) < 4.78 is 10.7. The van der Waals surface area contributed by atoms with Crippen LogP contribution in [-0.4, -0.2) is 19.0 Å². The summed E-state index contributed by atoms with van der Waals surface area (Å²) in [5, 5.41) is 3.22. The lowest BCUT2D eigenvalue weighted by Gasteiger charge is -2.19. The van der Waals surface area contributed by atoms with E-state index in [-0.39, 0.29) is 12.3 Å². The molecule has 3 aromatic carbocycles. The average molecular weight is 410 g/mol. The zero-order valence-electron chi connectivity index (χ0n) is 15.8. The number of para-hydroxylation sites is 2. The molecular weight excluding hydrogens is 390 g/mol. The summed E-state index contributed by atoms with van der Waals surface area (Å²) >= 11 is 6.13. The summed E-state index contributed by atoms with van der Waals surface area (Å²) in [4.78, 5) is 25.3. The normalized spacial score (nSPS) is 11.4. The van der Waals surface area contributed by atoms with Crippen molar-refractivity contribution < 1.29 is 19.1 Å². The Labute approximate surface area is 174 Å². The summed E-state index contributed by atoms with van der Waals surface area (Å²) in [5.41, 5.74) is 1.12. The fourth-order valence-corrected chi connectivity index (χ4v) is 3.07. The molecule has 0 spiro atoms. The Morgan fingerprint density at radius 3 is 2.21 bits per heavy atom. The lowest BCUT2D eigenvalue weighted by molar-refractivity contribution is -0.135. The van der Waals surface area contributed by atoms with Gasteiger partial charge in [0, 0.05) is 0 Å². The van der Waals surface area contributed by atoms with Gasteiger partial charge in [-0.3, -0.25) is 9.59 Å². The van der Waals surface area contributed by atoms with E-state index in [1.165, 1.54) is 7.11 Å². The van der Waals surface area contributed by atoms with Crippen LogP contribution in [0.4, 0.5) is 0 Å². The van der Waals surface area contributed by atoms with Gasteiger partial charge in [-0.05, 0) is 29.8 Å². The second-order valence-corrected chi connectivity index (χ2v) is 6.65. The maximum Gasteiger partial charge on any atom is 0.313 e. The molecule has 6 heteroatoms. The number of carbonyl (C=O) groups excluding carboxylic acids is 2. The van der Waals surface area contributed by atoms with Crippen LogP contribution in [0.25, 0.3) is 0 Å². The van der Waals surface area contributed by atoms with E-state index in [4.69, 9.17) is 21.1 Å². The van der Waals surface area contributed by atoms with Crippen molar-refractivity contribution in [2.24, 2.45) is 0 Å². The molecule has 5 nitrogen and oxygen atoms in total. The summed E-state index contributed by atoms with van der Waals surface area (Å²) in [6, 6.07) is 22.3. The lowest BCUT2D eigenvalue weighted by Crippen LogP contribution is -2.31. The molecule has 0 aliphatic carbocycles. The highest BCUT2D eigenvalue weighted by Gasteiger charge is 2.22. The number of nitrogens with one attached hydrogen (secondary N) is 1. The predicted molar refractivity (Wildman–Crippen MR) is 111 cm³/mol. The molecule has 0 aliphatic rings. The van der Waals surface area contributed by atoms with Crippen molar-refractivity contribution in [3.63, 3.8) is 0 Å². The van der Waals surface area contributed by atoms with Gasteiger partial charge in [0.1, 0.15) is 0 Å². The summed E-state index contributed by atoms with van der Waals surface area (Å²) in [7, 11) is 1.50. The van der Waals surface area contributed by atoms with E-state index in [2.05, 4.69) is 5.32 Å². The van der Waals surface area contributed by atoms with Crippen molar-refractivity contribution in [2.75, 3.05) is 7.11 Å². The van der Waals surface area contributed by atoms with E-state index < -0.39 is 12.0 Å². The molecule has 0 unspecified atom stereocenters. The zero-order chi connectivity index (χ0) is 20.6. The Bertz CT molecular complexity index is 991. The molecule has 1 N–H and O–H groups in total. The first-order valence-corrected chi connectivity index (χ1v) is 9.40. The van der Waals surface area contributed by atoms with Crippen LogP contribution in [0.1, 0.15) is 28.4 Å². The molecule has 1 amide bonds. The Hall–Kier alpha value is -3.31. The van der Waals surface area contributed by atoms with Crippen molar-refractivity contribution >= 4 is 23.5 Å². The molecule has 0 aromatic heterocycles. The van der Waals surface area contributed by atoms with Crippen molar-refractivity contribution in [1.29, 1.82) is 0 Å². The fourth-order valence-electron chi connectivity index (χ4n) is 2.85. The molecule has 0 radical (unpaired) electrons. The number of amides is 1. The van der Waals surface area contributed by atoms with Crippen molar-refractivity contribution in [3.05, 3.63) is 95.0 Å². The van der Waals surface area contributed by atoms with Crippen LogP contribution >= 0.6 is 11.6 Å².